The van der Waals surface area contributed by atoms with Crippen LogP contribution in [0.15, 0.2) is 30.3 Å². The molecule has 0 bridgehead atoms. The number of hydrogen-bond donors (Lipinski definition) is 1. The van der Waals surface area contributed by atoms with E-state index in [0.29, 0.717) is 12.6 Å². The molecule has 2 N–H and O–H groups in total. The zero-order chi connectivity index (χ0) is 14.6. The Morgan fingerprint density at radius 3 is 2.65 bits per heavy atom. The number of likely N-dealkylation sites (N-methyl/N-ethyl adjacent to an activating group) is 1. The van der Waals surface area contributed by atoms with E-state index >= 15 is 0 Å². The number of hydrogen-bond acceptors (Lipinski definition) is 3. The lowest BCUT2D eigenvalue weighted by molar-refractivity contribution is 0.145. The Labute approximate surface area is 122 Å². The molecule has 1 aromatic carbocycles. The van der Waals surface area contributed by atoms with E-state index in [1.165, 1.54) is 25.7 Å². The average Bonchev–Trinajstić information content (AvgIpc) is 2.48. The molecule has 0 aliphatic heterocycles. The predicted octanol–water partition coefficient (Wildman–Crippen LogP) is 2.87. The van der Waals surface area contributed by atoms with Gasteiger partial charge in [-0.1, -0.05) is 50.1 Å². The first kappa shape index (κ1) is 15.0. The maximum absolute atomic E-state index is 9.54. The summed E-state index contributed by atoms with van der Waals surface area (Å²) < 4.78 is 0. The SMILES string of the molecule is CC1CCCC(N(C)CC(N)(C#N)c2ccccc2)C1. The normalized spacial score (nSPS) is 25.9. The van der Waals surface area contributed by atoms with E-state index in [0.717, 1.165) is 11.5 Å². The Balaban J connectivity index is 2.08. The van der Waals surface area contributed by atoms with Gasteiger partial charge in [-0.2, -0.15) is 5.26 Å². The number of benzene rings is 1. The minimum atomic E-state index is -0.920. The molecule has 3 heteroatoms. The van der Waals surface area contributed by atoms with Crippen LogP contribution in [-0.2, 0) is 5.54 Å². The summed E-state index contributed by atoms with van der Waals surface area (Å²) in [6.45, 7) is 2.90. The summed E-state index contributed by atoms with van der Waals surface area (Å²) in [6, 6.07) is 12.6. The fourth-order valence-electron chi connectivity index (χ4n) is 3.25. The molecule has 3 unspecified atom stereocenters. The van der Waals surface area contributed by atoms with Crippen molar-refractivity contribution in [3.8, 4) is 6.07 Å². The van der Waals surface area contributed by atoms with Crippen molar-refractivity contribution in [3.63, 3.8) is 0 Å². The highest BCUT2D eigenvalue weighted by molar-refractivity contribution is 5.31. The van der Waals surface area contributed by atoms with Crippen LogP contribution in [0.25, 0.3) is 0 Å². The Morgan fingerprint density at radius 1 is 1.35 bits per heavy atom. The molecule has 1 aliphatic carbocycles. The summed E-state index contributed by atoms with van der Waals surface area (Å²) in [7, 11) is 2.10. The van der Waals surface area contributed by atoms with E-state index in [1.807, 2.05) is 30.3 Å². The molecule has 20 heavy (non-hydrogen) atoms. The summed E-state index contributed by atoms with van der Waals surface area (Å²) >= 11 is 0. The topological polar surface area (TPSA) is 53.0 Å². The monoisotopic (exact) mass is 271 g/mol. The second-order valence-corrected chi connectivity index (χ2v) is 6.29. The Kier molecular flexibility index (Phi) is 4.80. The molecule has 0 amide bonds. The Morgan fingerprint density at radius 2 is 2.05 bits per heavy atom. The van der Waals surface area contributed by atoms with Crippen LogP contribution in [0.2, 0.25) is 0 Å². The van der Waals surface area contributed by atoms with E-state index in [-0.39, 0.29) is 0 Å². The lowest BCUT2D eigenvalue weighted by Gasteiger charge is -2.37. The van der Waals surface area contributed by atoms with Crippen molar-refractivity contribution in [2.24, 2.45) is 11.7 Å². The van der Waals surface area contributed by atoms with Crippen LogP contribution in [0.4, 0.5) is 0 Å². The maximum Gasteiger partial charge on any atom is 0.142 e. The Bertz CT molecular complexity index is 465. The van der Waals surface area contributed by atoms with Crippen LogP contribution in [0.3, 0.4) is 0 Å². The Hall–Kier alpha value is -1.37. The fourth-order valence-corrected chi connectivity index (χ4v) is 3.25. The third-order valence-corrected chi connectivity index (χ3v) is 4.52. The fraction of sp³-hybridized carbons (Fsp3) is 0.588. The summed E-state index contributed by atoms with van der Waals surface area (Å²) in [6.07, 6.45) is 5.05. The van der Waals surface area contributed by atoms with Crippen molar-refractivity contribution in [2.45, 2.75) is 44.2 Å². The van der Waals surface area contributed by atoms with Gasteiger partial charge in [-0.05, 0) is 31.4 Å². The molecule has 3 atom stereocenters. The van der Waals surface area contributed by atoms with Gasteiger partial charge in [-0.25, -0.2) is 0 Å². The first-order chi connectivity index (χ1) is 9.55. The third kappa shape index (κ3) is 3.39. The van der Waals surface area contributed by atoms with E-state index in [2.05, 4.69) is 24.9 Å². The minimum Gasteiger partial charge on any atom is -0.309 e. The summed E-state index contributed by atoms with van der Waals surface area (Å²) in [5.41, 5.74) is 6.34. The van der Waals surface area contributed by atoms with Crippen LogP contribution in [0.5, 0.6) is 0 Å². The third-order valence-electron chi connectivity index (χ3n) is 4.52. The summed E-state index contributed by atoms with van der Waals surface area (Å²) in [5, 5.41) is 9.54. The van der Waals surface area contributed by atoms with Crippen molar-refractivity contribution < 1.29 is 0 Å². The second-order valence-electron chi connectivity index (χ2n) is 6.29. The second kappa shape index (κ2) is 6.39. The minimum absolute atomic E-state index is 0.554. The molecule has 0 radical (unpaired) electrons. The quantitative estimate of drug-likeness (QED) is 0.916. The van der Waals surface area contributed by atoms with Crippen LogP contribution in [0.1, 0.15) is 38.2 Å². The molecule has 1 saturated carbocycles. The maximum atomic E-state index is 9.54. The zero-order valence-electron chi connectivity index (χ0n) is 12.5. The zero-order valence-corrected chi connectivity index (χ0v) is 12.5. The van der Waals surface area contributed by atoms with E-state index in [1.54, 1.807) is 0 Å². The van der Waals surface area contributed by atoms with Crippen molar-refractivity contribution in [3.05, 3.63) is 35.9 Å². The highest BCUT2D eigenvalue weighted by Gasteiger charge is 2.32. The number of nitrogens with zero attached hydrogens (tertiary/aromatic N) is 2. The molecule has 1 aliphatic rings. The lowest BCUT2D eigenvalue weighted by atomic mass is 9.85. The average molecular weight is 271 g/mol. The molecule has 2 rings (SSSR count). The molecule has 0 spiro atoms. The van der Waals surface area contributed by atoms with Crippen molar-refractivity contribution in [2.75, 3.05) is 13.6 Å². The summed E-state index contributed by atoms with van der Waals surface area (Å²) in [5.74, 6) is 0.780. The van der Waals surface area contributed by atoms with E-state index < -0.39 is 5.54 Å². The van der Waals surface area contributed by atoms with E-state index in [9.17, 15) is 5.26 Å². The number of nitrogens with two attached hydrogens (primary N) is 1. The van der Waals surface area contributed by atoms with Gasteiger partial charge in [0.05, 0.1) is 6.07 Å². The highest BCUT2D eigenvalue weighted by atomic mass is 15.2. The van der Waals surface area contributed by atoms with Crippen molar-refractivity contribution in [1.82, 2.24) is 4.90 Å². The van der Waals surface area contributed by atoms with Gasteiger partial charge < -0.3 is 10.6 Å². The van der Waals surface area contributed by atoms with Crippen LogP contribution < -0.4 is 5.73 Å². The molecule has 1 fully saturated rings. The lowest BCUT2D eigenvalue weighted by Crippen LogP contribution is -2.49. The van der Waals surface area contributed by atoms with Gasteiger partial charge >= 0.3 is 0 Å². The number of rotatable bonds is 4. The molecule has 108 valence electrons. The van der Waals surface area contributed by atoms with Crippen LogP contribution in [-0.4, -0.2) is 24.5 Å². The molecule has 0 saturated heterocycles. The molecule has 1 aromatic rings. The standard InChI is InChI=1S/C17H25N3/c1-14-7-6-10-16(11-14)20(2)13-17(19,12-18)15-8-4-3-5-9-15/h3-5,8-9,14,16H,6-7,10-11,13,19H2,1-2H3. The molecule has 3 nitrogen and oxygen atoms in total. The van der Waals surface area contributed by atoms with Gasteiger partial charge in [0.15, 0.2) is 0 Å². The van der Waals surface area contributed by atoms with E-state index in [4.69, 9.17) is 5.73 Å². The molecular formula is C17H25N3. The molecule has 0 heterocycles. The van der Waals surface area contributed by atoms with Crippen molar-refractivity contribution >= 4 is 0 Å². The van der Waals surface area contributed by atoms with Gasteiger partial charge in [0, 0.05) is 12.6 Å². The smallest absolute Gasteiger partial charge is 0.142 e. The number of nitriles is 1. The summed E-state index contributed by atoms with van der Waals surface area (Å²) in [4.78, 5) is 2.28. The van der Waals surface area contributed by atoms with Gasteiger partial charge in [-0.15, -0.1) is 0 Å². The molecular weight excluding hydrogens is 246 g/mol. The largest absolute Gasteiger partial charge is 0.309 e. The van der Waals surface area contributed by atoms with Gasteiger partial charge in [0.2, 0.25) is 0 Å². The first-order valence-electron chi connectivity index (χ1n) is 7.51. The van der Waals surface area contributed by atoms with Crippen LogP contribution >= 0.6 is 0 Å². The van der Waals surface area contributed by atoms with Crippen LogP contribution in [0, 0.1) is 17.2 Å². The van der Waals surface area contributed by atoms with Gasteiger partial charge in [0.1, 0.15) is 5.54 Å². The highest BCUT2D eigenvalue weighted by Crippen LogP contribution is 2.28. The van der Waals surface area contributed by atoms with Gasteiger partial charge in [-0.3, -0.25) is 0 Å². The van der Waals surface area contributed by atoms with Gasteiger partial charge in [0.25, 0.3) is 0 Å². The first-order valence-corrected chi connectivity index (χ1v) is 7.51. The molecule has 0 aromatic heterocycles. The van der Waals surface area contributed by atoms with Crippen molar-refractivity contribution in [1.29, 1.82) is 5.26 Å². The predicted molar refractivity (Wildman–Crippen MR) is 82.0 cm³/mol.